The van der Waals surface area contributed by atoms with Gasteiger partial charge in [-0.25, -0.2) is 4.39 Å². The Morgan fingerprint density at radius 2 is 1.84 bits per heavy atom. The van der Waals surface area contributed by atoms with Crippen molar-refractivity contribution in [3.05, 3.63) is 64.8 Å². The maximum atomic E-state index is 15.0. The van der Waals surface area contributed by atoms with Crippen molar-refractivity contribution in [1.29, 1.82) is 0 Å². The lowest BCUT2D eigenvalue weighted by Gasteiger charge is -2.41. The summed E-state index contributed by atoms with van der Waals surface area (Å²) in [5, 5.41) is 4.75. The summed E-state index contributed by atoms with van der Waals surface area (Å²) in [6.45, 7) is 5.30. The molecule has 0 bridgehead atoms. The number of piperazine rings is 1. The lowest BCUT2D eigenvalue weighted by molar-refractivity contribution is 0.0496. The number of piperidine rings is 1. The number of fused-ring (bicyclic) bond motifs is 3. The van der Waals surface area contributed by atoms with Gasteiger partial charge in [-0.3, -0.25) is 9.69 Å². The van der Waals surface area contributed by atoms with Gasteiger partial charge in [-0.2, -0.15) is 0 Å². The molecule has 0 saturated carbocycles. The van der Waals surface area contributed by atoms with Crippen LogP contribution in [0.1, 0.15) is 35.0 Å². The average Bonchev–Trinajstić information content (AvgIpc) is 3.24. The van der Waals surface area contributed by atoms with Gasteiger partial charge in [0.05, 0.1) is 17.3 Å². The zero-order valence-electron chi connectivity index (χ0n) is 21.2. The Bertz CT molecular complexity index is 1270. The molecule has 1 unspecified atom stereocenters. The summed E-state index contributed by atoms with van der Waals surface area (Å²) in [4.78, 5) is 18.8. The summed E-state index contributed by atoms with van der Waals surface area (Å²) in [5.74, 6) is 0.768. The lowest BCUT2D eigenvalue weighted by atomic mass is 9.86. The van der Waals surface area contributed by atoms with E-state index in [4.69, 9.17) is 16.3 Å². The molecule has 1 aromatic heterocycles. The van der Waals surface area contributed by atoms with Crippen molar-refractivity contribution in [1.82, 2.24) is 19.7 Å². The molecule has 4 atom stereocenters. The van der Waals surface area contributed by atoms with E-state index in [0.29, 0.717) is 30.3 Å². The normalized spacial score (nSPS) is 27.4. The molecule has 1 N–H and O–H groups in total. The molecule has 6 rings (SSSR count). The second-order valence-corrected chi connectivity index (χ2v) is 11.1. The highest BCUT2D eigenvalue weighted by atomic mass is 35.5. The number of ether oxygens (including phenoxy) is 1. The Labute approximate surface area is 222 Å². The van der Waals surface area contributed by atoms with Gasteiger partial charge in [0.2, 0.25) is 0 Å². The van der Waals surface area contributed by atoms with Gasteiger partial charge in [0.15, 0.2) is 5.78 Å². The van der Waals surface area contributed by atoms with Crippen LogP contribution in [-0.2, 0) is 6.54 Å². The smallest absolute Gasteiger partial charge is 0.182 e. The van der Waals surface area contributed by atoms with E-state index in [9.17, 15) is 9.18 Å². The van der Waals surface area contributed by atoms with Crippen LogP contribution in [0.3, 0.4) is 0 Å². The standard InChI is InChI=1S/C29H34ClFN4O2/c1-33-12-14-34(15-13-33)25-16-26(37-21-8-6-20(30)7-9-21)28-27(29(25)36)22-4-2-3-5-24(22)35(28)18-19-10-11-32-17-23(19)31/h2-9,19,23,25-26,32H,10-18H2,1H3/t19-,23-,25?,26+/m0/s1. The van der Waals surface area contributed by atoms with Crippen molar-refractivity contribution in [2.75, 3.05) is 46.3 Å². The number of hydrogen-bond donors (Lipinski definition) is 1. The number of ketones is 1. The number of nitrogens with zero attached hydrogens (tertiary/aromatic N) is 3. The Hall–Kier alpha value is -2.45. The molecule has 0 radical (unpaired) electrons. The quantitative estimate of drug-likeness (QED) is 0.530. The van der Waals surface area contributed by atoms with Gasteiger partial charge < -0.3 is 19.5 Å². The first-order valence-electron chi connectivity index (χ1n) is 13.3. The molecule has 2 aliphatic heterocycles. The van der Waals surface area contributed by atoms with Gasteiger partial charge in [0.25, 0.3) is 0 Å². The van der Waals surface area contributed by atoms with E-state index >= 15 is 0 Å². The minimum Gasteiger partial charge on any atom is -0.484 e. The van der Waals surface area contributed by atoms with Crippen LogP contribution in [0.5, 0.6) is 5.75 Å². The fourth-order valence-electron chi connectivity index (χ4n) is 6.25. The van der Waals surface area contributed by atoms with E-state index in [2.05, 4.69) is 32.8 Å². The highest BCUT2D eigenvalue weighted by Gasteiger charge is 2.43. The minimum atomic E-state index is -0.918. The molecule has 3 heterocycles. The third-order valence-electron chi connectivity index (χ3n) is 8.33. The van der Waals surface area contributed by atoms with E-state index in [0.717, 1.165) is 61.3 Å². The van der Waals surface area contributed by atoms with Crippen LogP contribution in [-0.4, -0.2) is 78.7 Å². The lowest BCUT2D eigenvalue weighted by Crippen LogP contribution is -2.53. The number of para-hydroxylation sites is 1. The summed E-state index contributed by atoms with van der Waals surface area (Å²) in [6, 6.07) is 15.2. The van der Waals surface area contributed by atoms with E-state index in [1.165, 1.54) is 0 Å². The first-order valence-corrected chi connectivity index (χ1v) is 13.7. The van der Waals surface area contributed by atoms with Crippen molar-refractivity contribution < 1.29 is 13.9 Å². The van der Waals surface area contributed by atoms with E-state index in [1.807, 2.05) is 42.5 Å². The summed E-state index contributed by atoms with van der Waals surface area (Å²) in [6.07, 6.45) is 0.0901. The van der Waals surface area contributed by atoms with Gasteiger partial charge in [0, 0.05) is 67.5 Å². The first kappa shape index (κ1) is 24.9. The summed E-state index contributed by atoms with van der Waals surface area (Å²) < 4.78 is 23.8. The van der Waals surface area contributed by atoms with Crippen LogP contribution in [0.15, 0.2) is 48.5 Å². The van der Waals surface area contributed by atoms with Gasteiger partial charge >= 0.3 is 0 Å². The predicted molar refractivity (Wildman–Crippen MR) is 144 cm³/mol. The van der Waals surface area contributed by atoms with E-state index in [-0.39, 0.29) is 23.8 Å². The fourth-order valence-corrected chi connectivity index (χ4v) is 6.37. The van der Waals surface area contributed by atoms with Gasteiger partial charge in [0.1, 0.15) is 18.0 Å². The third kappa shape index (κ3) is 4.78. The van der Waals surface area contributed by atoms with Crippen LogP contribution in [0.4, 0.5) is 4.39 Å². The Kier molecular flexibility index (Phi) is 6.97. The van der Waals surface area contributed by atoms with E-state index in [1.54, 1.807) is 0 Å². The zero-order valence-corrected chi connectivity index (χ0v) is 22.0. The fraction of sp³-hybridized carbons (Fsp3) is 0.483. The number of likely N-dealkylation sites (N-methyl/N-ethyl adjacent to an activating group) is 1. The number of rotatable bonds is 5. The number of alkyl halides is 1. The van der Waals surface area contributed by atoms with Crippen molar-refractivity contribution in [2.45, 2.75) is 37.7 Å². The average molecular weight is 525 g/mol. The van der Waals surface area contributed by atoms with Crippen molar-refractivity contribution in [2.24, 2.45) is 5.92 Å². The topological polar surface area (TPSA) is 49.7 Å². The van der Waals surface area contributed by atoms with Crippen molar-refractivity contribution in [3.8, 4) is 5.75 Å². The van der Waals surface area contributed by atoms with Crippen LogP contribution >= 0.6 is 11.6 Å². The first-order chi connectivity index (χ1) is 18.0. The summed E-state index contributed by atoms with van der Waals surface area (Å²) >= 11 is 6.14. The molecule has 1 aliphatic carbocycles. The summed E-state index contributed by atoms with van der Waals surface area (Å²) in [5.41, 5.74) is 2.61. The van der Waals surface area contributed by atoms with Crippen LogP contribution in [0.25, 0.3) is 10.9 Å². The van der Waals surface area contributed by atoms with Gasteiger partial charge in [-0.05, 0) is 50.3 Å². The number of benzene rings is 2. The number of Topliss-reactive ketones (excluding diaryl/α,β-unsaturated/α-hetero) is 1. The van der Waals surface area contributed by atoms with E-state index < -0.39 is 6.17 Å². The van der Waals surface area contributed by atoms with Gasteiger partial charge in [-0.15, -0.1) is 0 Å². The number of carbonyl (C=O) groups is 1. The van der Waals surface area contributed by atoms with Gasteiger partial charge in [-0.1, -0.05) is 29.8 Å². The maximum absolute atomic E-state index is 15.0. The Morgan fingerprint density at radius 1 is 1.08 bits per heavy atom. The molecule has 8 heteroatoms. The largest absolute Gasteiger partial charge is 0.484 e. The molecule has 0 spiro atoms. The molecular formula is C29H34ClFN4O2. The number of carbonyl (C=O) groups excluding carboxylic acids is 1. The van der Waals surface area contributed by atoms with Crippen LogP contribution < -0.4 is 10.1 Å². The third-order valence-corrected chi connectivity index (χ3v) is 8.58. The monoisotopic (exact) mass is 524 g/mol. The number of nitrogens with one attached hydrogen (secondary N) is 1. The molecule has 3 aliphatic rings. The minimum absolute atomic E-state index is 0.109. The molecule has 196 valence electrons. The number of hydrogen-bond acceptors (Lipinski definition) is 5. The Balaban J connectivity index is 1.45. The molecule has 0 amide bonds. The molecule has 2 aromatic carbocycles. The Morgan fingerprint density at radius 3 is 2.59 bits per heavy atom. The molecule has 3 aromatic rings. The number of halogens is 2. The second kappa shape index (κ2) is 10.4. The highest BCUT2D eigenvalue weighted by molar-refractivity contribution is 6.30. The molecular weight excluding hydrogens is 491 g/mol. The second-order valence-electron chi connectivity index (χ2n) is 10.7. The highest BCUT2D eigenvalue weighted by Crippen LogP contribution is 2.42. The molecule has 2 saturated heterocycles. The zero-order chi connectivity index (χ0) is 25.5. The maximum Gasteiger partial charge on any atom is 0.182 e. The van der Waals surface area contributed by atoms with Crippen molar-refractivity contribution >= 4 is 28.3 Å². The molecule has 37 heavy (non-hydrogen) atoms. The SMILES string of the molecule is CN1CCN(C2C[C@@H](Oc3ccc(Cl)cc3)c3c(c4ccccc4n3C[C@@H]3CCNC[C@@H]3F)C2=O)CC1. The number of aromatic nitrogens is 1. The van der Waals surface area contributed by atoms with Crippen LogP contribution in [0.2, 0.25) is 5.02 Å². The van der Waals surface area contributed by atoms with Crippen LogP contribution in [0, 0.1) is 5.92 Å². The summed E-state index contributed by atoms with van der Waals surface area (Å²) in [7, 11) is 2.12. The molecule has 2 fully saturated rings. The molecule has 6 nitrogen and oxygen atoms in total. The van der Waals surface area contributed by atoms with Crippen molar-refractivity contribution in [3.63, 3.8) is 0 Å². The predicted octanol–water partition coefficient (Wildman–Crippen LogP) is 4.56.